The van der Waals surface area contributed by atoms with Crippen molar-refractivity contribution in [3.63, 3.8) is 0 Å². The van der Waals surface area contributed by atoms with Crippen molar-refractivity contribution in [2.75, 3.05) is 11.1 Å². The van der Waals surface area contributed by atoms with Crippen LogP contribution in [0.2, 0.25) is 5.02 Å². The van der Waals surface area contributed by atoms with Gasteiger partial charge in [-0.15, -0.1) is 0 Å². The van der Waals surface area contributed by atoms with Gasteiger partial charge in [0, 0.05) is 11.4 Å². The van der Waals surface area contributed by atoms with Gasteiger partial charge in [-0.05, 0) is 43.2 Å². The molecule has 2 aromatic rings. The fourth-order valence-electron chi connectivity index (χ4n) is 1.80. The zero-order chi connectivity index (χ0) is 14.0. The van der Waals surface area contributed by atoms with E-state index < -0.39 is 0 Å². The molecule has 0 saturated carbocycles. The molecule has 1 amide bonds. The maximum atomic E-state index is 12.2. The summed E-state index contributed by atoms with van der Waals surface area (Å²) >= 11 is 6.14. The fraction of sp³-hybridized carbons (Fsp3) is 0.133. The van der Waals surface area contributed by atoms with Gasteiger partial charge in [-0.3, -0.25) is 4.79 Å². The van der Waals surface area contributed by atoms with Gasteiger partial charge < -0.3 is 11.1 Å². The summed E-state index contributed by atoms with van der Waals surface area (Å²) in [5.41, 5.74) is 9.34. The van der Waals surface area contributed by atoms with E-state index in [1.165, 1.54) is 0 Å². The van der Waals surface area contributed by atoms with Crippen LogP contribution in [0.5, 0.6) is 0 Å². The highest BCUT2D eigenvalue weighted by molar-refractivity contribution is 6.35. The standard InChI is InChI=1S/C15H15ClN2O/c1-9-5-3-6-11(14(9)16)15(19)18-13-8-4-7-12(17)10(13)2/h3-8H,17H2,1-2H3,(H,18,19). The predicted molar refractivity (Wildman–Crippen MR) is 79.7 cm³/mol. The van der Waals surface area contributed by atoms with Gasteiger partial charge in [-0.25, -0.2) is 0 Å². The topological polar surface area (TPSA) is 55.1 Å². The van der Waals surface area contributed by atoms with Gasteiger partial charge in [0.05, 0.1) is 10.6 Å². The predicted octanol–water partition coefficient (Wildman–Crippen LogP) is 3.79. The van der Waals surface area contributed by atoms with E-state index in [9.17, 15) is 4.79 Å². The molecule has 2 rings (SSSR count). The van der Waals surface area contributed by atoms with Crippen molar-refractivity contribution in [2.45, 2.75) is 13.8 Å². The van der Waals surface area contributed by atoms with Crippen LogP contribution in [-0.4, -0.2) is 5.91 Å². The molecule has 0 bridgehead atoms. The van der Waals surface area contributed by atoms with Crippen LogP contribution in [0.3, 0.4) is 0 Å². The van der Waals surface area contributed by atoms with Crippen molar-refractivity contribution >= 4 is 28.9 Å². The van der Waals surface area contributed by atoms with Crippen LogP contribution in [0.15, 0.2) is 36.4 Å². The molecule has 4 heteroatoms. The van der Waals surface area contributed by atoms with E-state index >= 15 is 0 Å². The van der Waals surface area contributed by atoms with Crippen LogP contribution in [0.25, 0.3) is 0 Å². The molecule has 0 fully saturated rings. The maximum absolute atomic E-state index is 12.2. The van der Waals surface area contributed by atoms with E-state index in [1.54, 1.807) is 18.2 Å². The molecule has 0 saturated heterocycles. The zero-order valence-corrected chi connectivity index (χ0v) is 11.6. The first-order valence-corrected chi connectivity index (χ1v) is 6.30. The number of aryl methyl sites for hydroxylation is 1. The van der Waals surface area contributed by atoms with Crippen molar-refractivity contribution < 1.29 is 4.79 Å². The van der Waals surface area contributed by atoms with Crippen LogP contribution in [0, 0.1) is 13.8 Å². The Morgan fingerprint density at radius 2 is 1.84 bits per heavy atom. The third kappa shape index (κ3) is 2.71. The third-order valence-corrected chi connectivity index (χ3v) is 3.56. The molecule has 0 aliphatic carbocycles. The highest BCUT2D eigenvalue weighted by atomic mass is 35.5. The minimum absolute atomic E-state index is 0.234. The number of hydrogen-bond donors (Lipinski definition) is 2. The zero-order valence-electron chi connectivity index (χ0n) is 10.8. The molecular formula is C15H15ClN2O. The van der Waals surface area contributed by atoms with Crippen LogP contribution < -0.4 is 11.1 Å². The van der Waals surface area contributed by atoms with Crippen molar-refractivity contribution in [3.05, 3.63) is 58.1 Å². The van der Waals surface area contributed by atoms with Crippen LogP contribution in [0.4, 0.5) is 11.4 Å². The average Bonchev–Trinajstić information content (AvgIpc) is 2.38. The highest BCUT2D eigenvalue weighted by Crippen LogP contribution is 2.24. The molecule has 3 nitrogen and oxygen atoms in total. The fourth-order valence-corrected chi connectivity index (χ4v) is 2.01. The quantitative estimate of drug-likeness (QED) is 0.819. The number of anilines is 2. The third-order valence-electron chi connectivity index (χ3n) is 3.06. The number of halogens is 1. The Hall–Kier alpha value is -2.00. The monoisotopic (exact) mass is 274 g/mol. The van der Waals surface area contributed by atoms with Gasteiger partial charge in [0.2, 0.25) is 0 Å². The number of rotatable bonds is 2. The lowest BCUT2D eigenvalue weighted by Gasteiger charge is -2.11. The van der Waals surface area contributed by atoms with Crippen LogP contribution in [-0.2, 0) is 0 Å². The summed E-state index contributed by atoms with van der Waals surface area (Å²) in [6, 6.07) is 10.8. The Balaban J connectivity index is 2.31. The Labute approximate surface area is 117 Å². The second-order valence-electron chi connectivity index (χ2n) is 4.41. The summed E-state index contributed by atoms with van der Waals surface area (Å²) in [6.07, 6.45) is 0. The van der Waals surface area contributed by atoms with Crippen LogP contribution >= 0.6 is 11.6 Å². The van der Waals surface area contributed by atoms with Gasteiger partial charge in [-0.2, -0.15) is 0 Å². The molecule has 98 valence electrons. The maximum Gasteiger partial charge on any atom is 0.257 e. The molecule has 0 aromatic heterocycles. The molecule has 0 heterocycles. The van der Waals surface area contributed by atoms with E-state index in [-0.39, 0.29) is 5.91 Å². The summed E-state index contributed by atoms with van der Waals surface area (Å²) in [5, 5.41) is 3.31. The van der Waals surface area contributed by atoms with Gasteiger partial charge >= 0.3 is 0 Å². The minimum atomic E-state index is -0.234. The molecule has 0 spiro atoms. The lowest BCUT2D eigenvalue weighted by Crippen LogP contribution is -2.14. The lowest BCUT2D eigenvalue weighted by atomic mass is 10.1. The van der Waals surface area contributed by atoms with Gasteiger partial charge in [0.1, 0.15) is 0 Å². The molecule has 0 aliphatic rings. The number of nitrogens with one attached hydrogen (secondary N) is 1. The Kier molecular flexibility index (Phi) is 3.76. The largest absolute Gasteiger partial charge is 0.398 e. The SMILES string of the molecule is Cc1cccc(C(=O)Nc2cccc(N)c2C)c1Cl. The number of nitrogen functional groups attached to an aromatic ring is 1. The number of hydrogen-bond acceptors (Lipinski definition) is 2. The summed E-state index contributed by atoms with van der Waals surface area (Å²) in [7, 11) is 0. The second kappa shape index (κ2) is 5.33. The smallest absolute Gasteiger partial charge is 0.257 e. The molecule has 0 radical (unpaired) electrons. The summed E-state index contributed by atoms with van der Waals surface area (Å²) in [5.74, 6) is -0.234. The van der Waals surface area contributed by atoms with Gasteiger partial charge in [-0.1, -0.05) is 29.8 Å². The van der Waals surface area contributed by atoms with E-state index in [0.29, 0.717) is 22.0 Å². The first-order valence-electron chi connectivity index (χ1n) is 5.92. The molecular weight excluding hydrogens is 260 g/mol. The van der Waals surface area contributed by atoms with E-state index in [4.69, 9.17) is 17.3 Å². The van der Waals surface area contributed by atoms with Crippen LogP contribution in [0.1, 0.15) is 21.5 Å². The molecule has 3 N–H and O–H groups in total. The number of amides is 1. The molecule has 19 heavy (non-hydrogen) atoms. The van der Waals surface area contributed by atoms with Gasteiger partial charge in [0.15, 0.2) is 0 Å². The summed E-state index contributed by atoms with van der Waals surface area (Å²) in [4.78, 5) is 12.2. The molecule has 0 aliphatic heterocycles. The van der Waals surface area contributed by atoms with E-state index in [0.717, 1.165) is 11.1 Å². The number of benzene rings is 2. The van der Waals surface area contributed by atoms with Crippen molar-refractivity contribution in [1.29, 1.82) is 0 Å². The Morgan fingerprint density at radius 1 is 1.16 bits per heavy atom. The van der Waals surface area contributed by atoms with E-state index in [1.807, 2.05) is 32.0 Å². The molecule has 0 unspecified atom stereocenters. The first kappa shape index (κ1) is 13.4. The average molecular weight is 275 g/mol. The Bertz CT molecular complexity index is 638. The van der Waals surface area contributed by atoms with Gasteiger partial charge in [0.25, 0.3) is 5.91 Å². The minimum Gasteiger partial charge on any atom is -0.398 e. The normalized spacial score (nSPS) is 10.3. The molecule has 2 aromatic carbocycles. The molecule has 0 atom stereocenters. The highest BCUT2D eigenvalue weighted by Gasteiger charge is 2.13. The van der Waals surface area contributed by atoms with Crippen molar-refractivity contribution in [1.82, 2.24) is 0 Å². The van der Waals surface area contributed by atoms with Crippen molar-refractivity contribution in [2.24, 2.45) is 0 Å². The number of carbonyl (C=O) groups excluding carboxylic acids is 1. The van der Waals surface area contributed by atoms with E-state index in [2.05, 4.69) is 5.32 Å². The summed E-state index contributed by atoms with van der Waals surface area (Å²) in [6.45, 7) is 3.73. The summed E-state index contributed by atoms with van der Waals surface area (Å²) < 4.78 is 0. The lowest BCUT2D eigenvalue weighted by molar-refractivity contribution is 0.102. The second-order valence-corrected chi connectivity index (χ2v) is 4.79. The first-order chi connectivity index (χ1) is 9.00. The van der Waals surface area contributed by atoms with Crippen molar-refractivity contribution in [3.8, 4) is 0 Å². The number of carbonyl (C=O) groups is 1. The Morgan fingerprint density at radius 3 is 2.58 bits per heavy atom. The number of nitrogens with two attached hydrogens (primary N) is 1.